The van der Waals surface area contributed by atoms with E-state index in [2.05, 4.69) is 4.99 Å². The number of halogens is 5. The number of nitrogens with zero attached hydrogens (tertiary/aromatic N) is 1. The quantitative estimate of drug-likeness (QED) is 0.461. The van der Waals surface area contributed by atoms with Crippen LogP contribution in [0.1, 0.15) is 18.0 Å². The van der Waals surface area contributed by atoms with Crippen LogP contribution in [-0.4, -0.2) is 11.9 Å². The van der Waals surface area contributed by atoms with Crippen LogP contribution in [0.4, 0.5) is 22.0 Å². The van der Waals surface area contributed by atoms with Gasteiger partial charge in [0.05, 0.1) is 18.0 Å². The first-order valence-corrected chi connectivity index (χ1v) is 4.97. The van der Waals surface area contributed by atoms with Crippen molar-refractivity contribution in [1.29, 1.82) is 0 Å². The standard InChI is InChI=1S/C10H6F5N3O/c11-5-4(2-1-3(19)18-10(16)17-2)6(12)8(14)9(15)7(5)13/h2H,1H2,(H3,16,17,18,19). The lowest BCUT2D eigenvalue weighted by molar-refractivity contribution is -0.120. The lowest BCUT2D eigenvalue weighted by atomic mass is 10.0. The summed E-state index contributed by atoms with van der Waals surface area (Å²) >= 11 is 0. The number of aliphatic imine (C=N–C) groups is 1. The second-order valence-electron chi connectivity index (χ2n) is 3.77. The molecule has 0 aliphatic carbocycles. The number of guanidine groups is 1. The first kappa shape index (κ1) is 13.2. The van der Waals surface area contributed by atoms with Crippen molar-refractivity contribution < 1.29 is 26.7 Å². The van der Waals surface area contributed by atoms with Gasteiger partial charge in [-0.15, -0.1) is 0 Å². The van der Waals surface area contributed by atoms with Crippen LogP contribution in [0.2, 0.25) is 0 Å². The molecular formula is C10H6F5N3O. The zero-order valence-corrected chi connectivity index (χ0v) is 9.11. The summed E-state index contributed by atoms with van der Waals surface area (Å²) in [4.78, 5) is 14.6. The van der Waals surface area contributed by atoms with Crippen LogP contribution in [0.15, 0.2) is 4.99 Å². The van der Waals surface area contributed by atoms with Gasteiger partial charge in [-0.05, 0) is 0 Å². The number of benzene rings is 1. The fourth-order valence-electron chi connectivity index (χ4n) is 1.70. The Bertz CT molecular complexity index is 572. The molecule has 0 aromatic heterocycles. The van der Waals surface area contributed by atoms with Gasteiger partial charge in [-0.3, -0.25) is 10.1 Å². The van der Waals surface area contributed by atoms with Crippen LogP contribution < -0.4 is 11.1 Å². The van der Waals surface area contributed by atoms with Crippen molar-refractivity contribution in [1.82, 2.24) is 5.32 Å². The van der Waals surface area contributed by atoms with Crippen molar-refractivity contribution in [2.75, 3.05) is 0 Å². The lowest BCUT2D eigenvalue weighted by Gasteiger charge is -2.20. The maximum atomic E-state index is 13.5. The molecule has 1 aromatic rings. The van der Waals surface area contributed by atoms with E-state index >= 15 is 0 Å². The molecule has 3 N–H and O–H groups in total. The van der Waals surface area contributed by atoms with Crippen molar-refractivity contribution in [3.05, 3.63) is 34.6 Å². The first-order valence-electron chi connectivity index (χ1n) is 4.97. The van der Waals surface area contributed by atoms with Gasteiger partial charge in [0.15, 0.2) is 29.2 Å². The fourth-order valence-corrected chi connectivity index (χ4v) is 1.70. The van der Waals surface area contributed by atoms with Crippen molar-refractivity contribution >= 4 is 11.9 Å². The molecule has 0 saturated carbocycles. The summed E-state index contributed by atoms with van der Waals surface area (Å²) in [6.45, 7) is 0. The molecule has 1 aliphatic rings. The van der Waals surface area contributed by atoms with Crippen molar-refractivity contribution in [3.8, 4) is 0 Å². The highest BCUT2D eigenvalue weighted by Gasteiger charge is 2.33. The number of hydrogen-bond donors (Lipinski definition) is 2. The molecule has 0 spiro atoms. The predicted octanol–water partition coefficient (Wildman–Crippen LogP) is 1.26. The Kier molecular flexibility index (Phi) is 3.13. The first-order chi connectivity index (χ1) is 8.82. The molecule has 102 valence electrons. The number of carbonyl (C=O) groups is 1. The number of carbonyl (C=O) groups excluding carboxylic acids is 1. The lowest BCUT2D eigenvalue weighted by Crippen LogP contribution is -2.41. The largest absolute Gasteiger partial charge is 0.370 e. The molecule has 0 fully saturated rings. The number of amides is 1. The summed E-state index contributed by atoms with van der Waals surface area (Å²) in [6.07, 6.45) is -0.570. The van der Waals surface area contributed by atoms with E-state index in [1.807, 2.05) is 5.32 Å². The van der Waals surface area contributed by atoms with E-state index in [0.29, 0.717) is 0 Å². The molecule has 1 heterocycles. The second-order valence-corrected chi connectivity index (χ2v) is 3.77. The minimum Gasteiger partial charge on any atom is -0.370 e. The van der Waals surface area contributed by atoms with E-state index in [9.17, 15) is 26.7 Å². The summed E-state index contributed by atoms with van der Waals surface area (Å²) < 4.78 is 65.8. The molecule has 1 aliphatic heterocycles. The van der Waals surface area contributed by atoms with Gasteiger partial charge in [0.25, 0.3) is 0 Å². The molecule has 0 saturated heterocycles. The topological polar surface area (TPSA) is 67.5 Å². The molecule has 0 bridgehead atoms. The Morgan fingerprint density at radius 3 is 1.95 bits per heavy atom. The van der Waals surface area contributed by atoms with Crippen molar-refractivity contribution in [2.45, 2.75) is 12.5 Å². The molecule has 2 rings (SSSR count). The number of hydrogen-bond acceptors (Lipinski definition) is 3. The Balaban J connectivity index is 2.63. The fraction of sp³-hybridized carbons (Fsp3) is 0.200. The summed E-state index contributed by atoms with van der Waals surface area (Å²) in [6, 6.07) is -1.56. The summed E-state index contributed by atoms with van der Waals surface area (Å²) in [7, 11) is 0. The number of nitrogens with one attached hydrogen (secondary N) is 1. The van der Waals surface area contributed by atoms with Gasteiger partial charge < -0.3 is 5.73 Å². The summed E-state index contributed by atoms with van der Waals surface area (Å²) in [5, 5.41) is 2.04. The molecule has 19 heavy (non-hydrogen) atoms. The summed E-state index contributed by atoms with van der Waals surface area (Å²) in [5.41, 5.74) is 4.00. The van der Waals surface area contributed by atoms with Gasteiger partial charge in [-0.25, -0.2) is 26.9 Å². The second kappa shape index (κ2) is 4.48. The highest BCUT2D eigenvalue weighted by Crippen LogP contribution is 2.32. The molecular weight excluding hydrogens is 273 g/mol. The third-order valence-electron chi connectivity index (χ3n) is 2.52. The van der Waals surface area contributed by atoms with Crippen LogP contribution in [0, 0.1) is 29.1 Å². The van der Waals surface area contributed by atoms with Gasteiger partial charge in [-0.2, -0.15) is 0 Å². The maximum absolute atomic E-state index is 13.5. The molecule has 1 amide bonds. The molecule has 9 heteroatoms. The van der Waals surface area contributed by atoms with E-state index in [1.165, 1.54) is 0 Å². The summed E-state index contributed by atoms with van der Waals surface area (Å²) in [5.74, 6) is -11.7. The number of rotatable bonds is 1. The predicted molar refractivity (Wildman–Crippen MR) is 53.4 cm³/mol. The minimum atomic E-state index is -2.27. The molecule has 1 atom stereocenters. The zero-order chi connectivity index (χ0) is 14.3. The molecule has 4 nitrogen and oxygen atoms in total. The van der Waals surface area contributed by atoms with Crippen LogP contribution in [0.5, 0.6) is 0 Å². The van der Waals surface area contributed by atoms with Gasteiger partial charge in [-0.1, -0.05) is 0 Å². The molecule has 1 aromatic carbocycles. The normalized spacial score (nSPS) is 19.1. The number of nitrogens with two attached hydrogens (primary N) is 1. The molecule has 0 radical (unpaired) electrons. The highest BCUT2D eigenvalue weighted by molar-refractivity contribution is 5.98. The van der Waals surface area contributed by atoms with Gasteiger partial charge in [0.1, 0.15) is 0 Å². The monoisotopic (exact) mass is 279 g/mol. The van der Waals surface area contributed by atoms with E-state index in [-0.39, 0.29) is 0 Å². The van der Waals surface area contributed by atoms with Crippen LogP contribution in [0.25, 0.3) is 0 Å². The average molecular weight is 279 g/mol. The van der Waals surface area contributed by atoms with Crippen LogP contribution in [-0.2, 0) is 4.79 Å². The zero-order valence-electron chi connectivity index (χ0n) is 9.11. The Labute approximate surface area is 103 Å². The highest BCUT2D eigenvalue weighted by atomic mass is 19.2. The maximum Gasteiger partial charge on any atom is 0.229 e. The smallest absolute Gasteiger partial charge is 0.229 e. The minimum absolute atomic E-state index is 0.454. The van der Waals surface area contributed by atoms with Gasteiger partial charge >= 0.3 is 0 Å². The van der Waals surface area contributed by atoms with E-state index in [0.717, 1.165) is 0 Å². The van der Waals surface area contributed by atoms with Crippen LogP contribution in [0.3, 0.4) is 0 Å². The third kappa shape index (κ3) is 2.11. The Hall–Kier alpha value is -2.19. The molecule has 1 unspecified atom stereocenters. The third-order valence-corrected chi connectivity index (χ3v) is 2.52. The Morgan fingerprint density at radius 1 is 1.00 bits per heavy atom. The van der Waals surface area contributed by atoms with E-state index < -0.39 is 59.0 Å². The van der Waals surface area contributed by atoms with E-state index in [1.54, 1.807) is 0 Å². The van der Waals surface area contributed by atoms with E-state index in [4.69, 9.17) is 5.73 Å². The van der Waals surface area contributed by atoms with Crippen LogP contribution >= 0.6 is 0 Å². The van der Waals surface area contributed by atoms with Gasteiger partial charge in [0.2, 0.25) is 11.7 Å². The van der Waals surface area contributed by atoms with Gasteiger partial charge in [0, 0.05) is 0 Å². The van der Waals surface area contributed by atoms with Crippen molar-refractivity contribution in [2.24, 2.45) is 10.7 Å². The Morgan fingerprint density at radius 2 is 1.47 bits per heavy atom. The van der Waals surface area contributed by atoms with Crippen molar-refractivity contribution in [3.63, 3.8) is 0 Å². The SMILES string of the molecule is NC1=NC(c2c(F)c(F)c(F)c(F)c2F)CC(=O)N1. The average Bonchev–Trinajstić information content (AvgIpc) is 2.33.